The normalized spacial score (nSPS) is 10.8. The van der Waals surface area contributed by atoms with E-state index in [1.54, 1.807) is 6.07 Å². The van der Waals surface area contributed by atoms with Crippen LogP contribution < -0.4 is 4.74 Å². The zero-order valence-corrected chi connectivity index (χ0v) is 14.6. The van der Waals surface area contributed by atoms with Gasteiger partial charge < -0.3 is 9.30 Å². The SMILES string of the molecule is CCCn1c(C)cc(C(=O)COc2ccccc2-n2cnnn2)c1C. The number of aromatic nitrogens is 5. The molecule has 2 heterocycles. The Hall–Kier alpha value is -2.96. The van der Waals surface area contributed by atoms with Gasteiger partial charge in [0, 0.05) is 23.5 Å². The van der Waals surface area contributed by atoms with Crippen LogP contribution in [0, 0.1) is 13.8 Å². The second kappa shape index (κ2) is 7.29. The fourth-order valence-corrected chi connectivity index (χ4v) is 2.91. The number of nitrogens with zero attached hydrogens (tertiary/aromatic N) is 5. The summed E-state index contributed by atoms with van der Waals surface area (Å²) in [7, 11) is 0. The molecule has 0 N–H and O–H groups in total. The van der Waals surface area contributed by atoms with Crippen LogP contribution in [-0.2, 0) is 6.54 Å². The van der Waals surface area contributed by atoms with Crippen LogP contribution in [0.5, 0.6) is 5.75 Å². The third-order valence-electron chi connectivity index (χ3n) is 4.14. The van der Waals surface area contributed by atoms with Crippen LogP contribution in [0.2, 0.25) is 0 Å². The molecule has 130 valence electrons. The zero-order valence-electron chi connectivity index (χ0n) is 14.6. The first-order chi connectivity index (χ1) is 12.1. The largest absolute Gasteiger partial charge is 0.483 e. The van der Waals surface area contributed by atoms with Crippen molar-refractivity contribution in [3.8, 4) is 11.4 Å². The van der Waals surface area contributed by atoms with E-state index in [-0.39, 0.29) is 12.4 Å². The smallest absolute Gasteiger partial charge is 0.202 e. The maximum absolute atomic E-state index is 12.6. The number of ether oxygens (including phenoxy) is 1. The maximum atomic E-state index is 12.6. The Labute approximate surface area is 146 Å². The lowest BCUT2D eigenvalue weighted by molar-refractivity contribution is 0.0920. The number of tetrazole rings is 1. The lowest BCUT2D eigenvalue weighted by Crippen LogP contribution is -2.14. The Morgan fingerprint density at radius 3 is 2.76 bits per heavy atom. The first-order valence-corrected chi connectivity index (χ1v) is 8.27. The number of ketones is 1. The molecule has 3 rings (SSSR count). The van der Waals surface area contributed by atoms with E-state index >= 15 is 0 Å². The minimum Gasteiger partial charge on any atom is -0.483 e. The number of hydrogen-bond acceptors (Lipinski definition) is 5. The lowest BCUT2D eigenvalue weighted by Gasteiger charge is -2.10. The average molecular weight is 339 g/mol. The van der Waals surface area contributed by atoms with Crippen LogP contribution in [0.3, 0.4) is 0 Å². The molecule has 0 spiro atoms. The standard InChI is InChI=1S/C18H21N5O2/c1-4-9-22-13(2)10-15(14(22)3)17(24)11-25-18-8-6-5-7-16(18)23-12-19-20-21-23/h5-8,10,12H,4,9,11H2,1-3H3. The van der Waals surface area contributed by atoms with Crippen LogP contribution in [0.15, 0.2) is 36.7 Å². The van der Waals surface area contributed by atoms with E-state index in [0.29, 0.717) is 17.0 Å². The molecule has 0 saturated carbocycles. The van der Waals surface area contributed by atoms with Gasteiger partial charge in [0.15, 0.2) is 6.61 Å². The van der Waals surface area contributed by atoms with Crippen LogP contribution in [0.25, 0.3) is 5.69 Å². The first kappa shape index (κ1) is 16.9. The maximum Gasteiger partial charge on any atom is 0.202 e. The van der Waals surface area contributed by atoms with E-state index in [9.17, 15) is 4.79 Å². The highest BCUT2D eigenvalue weighted by Crippen LogP contribution is 2.22. The minimum atomic E-state index is -0.0398. The molecule has 0 aliphatic heterocycles. The molecule has 0 bridgehead atoms. The zero-order chi connectivity index (χ0) is 17.8. The van der Waals surface area contributed by atoms with Gasteiger partial charge in [-0.2, -0.15) is 4.68 Å². The van der Waals surface area contributed by atoms with Crippen molar-refractivity contribution < 1.29 is 9.53 Å². The summed E-state index contributed by atoms with van der Waals surface area (Å²) in [5, 5.41) is 11.1. The van der Waals surface area contributed by atoms with E-state index in [0.717, 1.165) is 24.4 Å². The molecule has 0 amide bonds. The van der Waals surface area contributed by atoms with Gasteiger partial charge in [0.2, 0.25) is 5.78 Å². The molecule has 0 atom stereocenters. The minimum absolute atomic E-state index is 0.0322. The number of rotatable bonds is 7. The monoisotopic (exact) mass is 339 g/mol. The topological polar surface area (TPSA) is 74.8 Å². The van der Waals surface area contributed by atoms with Crippen molar-refractivity contribution in [2.75, 3.05) is 6.61 Å². The number of carbonyl (C=O) groups is 1. The summed E-state index contributed by atoms with van der Waals surface area (Å²) in [5.74, 6) is 0.521. The fraction of sp³-hybridized carbons (Fsp3) is 0.333. The molecule has 0 radical (unpaired) electrons. The highest BCUT2D eigenvalue weighted by molar-refractivity contribution is 5.98. The number of para-hydroxylation sites is 2. The molecule has 2 aromatic heterocycles. The summed E-state index contributed by atoms with van der Waals surface area (Å²) in [6, 6.07) is 9.28. The summed E-state index contributed by atoms with van der Waals surface area (Å²) in [4.78, 5) is 12.6. The number of aryl methyl sites for hydroxylation is 1. The molecule has 25 heavy (non-hydrogen) atoms. The van der Waals surface area contributed by atoms with E-state index in [2.05, 4.69) is 27.0 Å². The predicted octanol–water partition coefficient (Wildman–Crippen LogP) is 2.75. The van der Waals surface area contributed by atoms with Gasteiger partial charge in [-0.05, 0) is 48.9 Å². The predicted molar refractivity (Wildman–Crippen MR) is 93.2 cm³/mol. The van der Waals surface area contributed by atoms with E-state index in [1.165, 1.54) is 11.0 Å². The number of Topliss-reactive ketones (excluding diaryl/α,β-unsaturated/α-hetero) is 1. The highest BCUT2D eigenvalue weighted by atomic mass is 16.5. The van der Waals surface area contributed by atoms with Crippen molar-refractivity contribution in [1.82, 2.24) is 24.8 Å². The third-order valence-corrected chi connectivity index (χ3v) is 4.14. The Morgan fingerprint density at radius 2 is 2.04 bits per heavy atom. The molecule has 7 heteroatoms. The van der Waals surface area contributed by atoms with Gasteiger partial charge in [-0.15, -0.1) is 5.10 Å². The lowest BCUT2D eigenvalue weighted by atomic mass is 10.1. The van der Waals surface area contributed by atoms with Crippen molar-refractivity contribution in [2.45, 2.75) is 33.7 Å². The summed E-state index contributed by atoms with van der Waals surface area (Å²) < 4.78 is 9.44. The van der Waals surface area contributed by atoms with Gasteiger partial charge >= 0.3 is 0 Å². The molecule has 1 aromatic carbocycles. The first-order valence-electron chi connectivity index (χ1n) is 8.27. The Balaban J connectivity index is 1.77. The summed E-state index contributed by atoms with van der Waals surface area (Å²) >= 11 is 0. The van der Waals surface area contributed by atoms with Crippen LogP contribution in [0.4, 0.5) is 0 Å². The van der Waals surface area contributed by atoms with E-state index < -0.39 is 0 Å². The van der Waals surface area contributed by atoms with Crippen molar-refractivity contribution in [1.29, 1.82) is 0 Å². The van der Waals surface area contributed by atoms with Gasteiger partial charge in [-0.1, -0.05) is 19.1 Å². The van der Waals surface area contributed by atoms with Crippen molar-refractivity contribution in [2.24, 2.45) is 0 Å². The second-order valence-corrected chi connectivity index (χ2v) is 5.87. The van der Waals surface area contributed by atoms with E-state index in [1.807, 2.05) is 38.1 Å². The van der Waals surface area contributed by atoms with Gasteiger partial charge in [0.25, 0.3) is 0 Å². The fourth-order valence-electron chi connectivity index (χ4n) is 2.91. The van der Waals surface area contributed by atoms with Crippen LogP contribution in [0.1, 0.15) is 35.1 Å². The third kappa shape index (κ3) is 3.45. The quantitative estimate of drug-likeness (QED) is 0.619. The molecule has 0 aliphatic carbocycles. The Morgan fingerprint density at radius 1 is 1.24 bits per heavy atom. The molecule has 0 saturated heterocycles. The number of benzene rings is 1. The van der Waals surface area contributed by atoms with Gasteiger partial charge in [0.05, 0.1) is 0 Å². The van der Waals surface area contributed by atoms with Gasteiger partial charge in [0.1, 0.15) is 17.8 Å². The average Bonchev–Trinajstić information content (AvgIpc) is 3.24. The molecular formula is C18H21N5O2. The second-order valence-electron chi connectivity index (χ2n) is 5.87. The van der Waals surface area contributed by atoms with Crippen LogP contribution in [-0.4, -0.2) is 37.2 Å². The molecular weight excluding hydrogens is 318 g/mol. The molecule has 0 fully saturated rings. The Kier molecular flexibility index (Phi) is 4.92. The summed E-state index contributed by atoms with van der Waals surface area (Å²) in [6.07, 6.45) is 2.52. The van der Waals surface area contributed by atoms with Gasteiger partial charge in [-0.25, -0.2) is 0 Å². The molecule has 7 nitrogen and oxygen atoms in total. The summed E-state index contributed by atoms with van der Waals surface area (Å²) in [5.41, 5.74) is 3.49. The highest BCUT2D eigenvalue weighted by Gasteiger charge is 2.17. The molecule has 0 unspecified atom stereocenters. The van der Waals surface area contributed by atoms with Crippen molar-refractivity contribution in [3.05, 3.63) is 53.6 Å². The number of carbonyl (C=O) groups excluding carboxylic acids is 1. The van der Waals surface area contributed by atoms with Crippen molar-refractivity contribution in [3.63, 3.8) is 0 Å². The van der Waals surface area contributed by atoms with E-state index in [4.69, 9.17) is 4.74 Å². The molecule has 3 aromatic rings. The van der Waals surface area contributed by atoms with Crippen LogP contribution >= 0.6 is 0 Å². The Bertz CT molecular complexity index is 868. The number of hydrogen-bond donors (Lipinski definition) is 0. The van der Waals surface area contributed by atoms with Crippen molar-refractivity contribution >= 4 is 5.78 Å². The molecule has 0 aliphatic rings. The summed E-state index contributed by atoms with van der Waals surface area (Å²) in [6.45, 7) is 7.00. The van der Waals surface area contributed by atoms with Gasteiger partial charge in [-0.3, -0.25) is 4.79 Å².